The smallest absolute Gasteiger partial charge is 0.120 e. The van der Waals surface area contributed by atoms with Crippen LogP contribution in [0.1, 0.15) is 31.2 Å². The summed E-state index contributed by atoms with van der Waals surface area (Å²) in [5, 5.41) is 9.89. The van der Waals surface area contributed by atoms with E-state index in [2.05, 4.69) is 23.1 Å². The van der Waals surface area contributed by atoms with E-state index in [4.69, 9.17) is 9.47 Å². The number of rotatable bonds is 5. The van der Waals surface area contributed by atoms with E-state index < -0.39 is 0 Å². The van der Waals surface area contributed by atoms with Crippen LogP contribution in [0.2, 0.25) is 0 Å². The lowest BCUT2D eigenvalue weighted by Crippen LogP contribution is -2.39. The molecule has 1 heterocycles. The van der Waals surface area contributed by atoms with Gasteiger partial charge in [-0.05, 0) is 50.4 Å². The third kappa shape index (κ3) is 3.76. The van der Waals surface area contributed by atoms with Gasteiger partial charge in [0, 0.05) is 6.54 Å². The maximum absolute atomic E-state index is 9.89. The van der Waals surface area contributed by atoms with Crippen molar-refractivity contribution in [2.24, 2.45) is 0 Å². The average Bonchev–Trinajstić information content (AvgIpc) is 3.10. The van der Waals surface area contributed by atoms with Crippen LogP contribution >= 0.6 is 0 Å². The van der Waals surface area contributed by atoms with Crippen molar-refractivity contribution in [1.29, 1.82) is 0 Å². The Balaban J connectivity index is 1.59. The zero-order valence-corrected chi connectivity index (χ0v) is 12.7. The minimum atomic E-state index is -0.382. The van der Waals surface area contributed by atoms with Crippen molar-refractivity contribution in [2.75, 3.05) is 20.3 Å². The largest absolute Gasteiger partial charge is 0.490 e. The predicted molar refractivity (Wildman–Crippen MR) is 81.4 cm³/mol. The summed E-state index contributed by atoms with van der Waals surface area (Å²) in [7, 11) is 2.03. The molecule has 0 unspecified atom stereocenters. The van der Waals surface area contributed by atoms with Gasteiger partial charge in [0.15, 0.2) is 0 Å². The van der Waals surface area contributed by atoms with Crippen molar-refractivity contribution in [3.8, 4) is 5.75 Å². The van der Waals surface area contributed by atoms with E-state index in [9.17, 15) is 5.11 Å². The molecule has 0 aromatic heterocycles. The van der Waals surface area contributed by atoms with Gasteiger partial charge in [-0.3, -0.25) is 4.90 Å². The van der Waals surface area contributed by atoms with E-state index in [0.717, 1.165) is 12.3 Å². The number of likely N-dealkylation sites (N-methyl/N-ethyl adjacent to an activating group) is 1. The van der Waals surface area contributed by atoms with Crippen LogP contribution in [0, 0.1) is 0 Å². The van der Waals surface area contributed by atoms with Crippen LogP contribution in [0.25, 0.3) is 0 Å². The van der Waals surface area contributed by atoms with E-state index in [1.165, 1.54) is 31.2 Å². The van der Waals surface area contributed by atoms with E-state index in [-0.39, 0.29) is 12.1 Å². The fourth-order valence-electron chi connectivity index (χ4n) is 3.27. The highest BCUT2D eigenvalue weighted by Crippen LogP contribution is 2.25. The number of hydrogen-bond acceptors (Lipinski definition) is 4. The molecule has 3 rings (SSSR count). The average molecular weight is 291 g/mol. The maximum atomic E-state index is 9.89. The van der Waals surface area contributed by atoms with Gasteiger partial charge in [0.1, 0.15) is 5.75 Å². The van der Waals surface area contributed by atoms with Crippen LogP contribution in [-0.2, 0) is 11.3 Å². The first-order valence-electron chi connectivity index (χ1n) is 7.94. The first kappa shape index (κ1) is 14.8. The Morgan fingerprint density at radius 3 is 2.81 bits per heavy atom. The molecule has 1 aromatic carbocycles. The summed E-state index contributed by atoms with van der Waals surface area (Å²) in [5.41, 5.74) is 1.21. The first-order valence-corrected chi connectivity index (χ1v) is 7.94. The fourth-order valence-corrected chi connectivity index (χ4v) is 3.27. The van der Waals surface area contributed by atoms with E-state index in [1.54, 1.807) is 0 Å². The maximum Gasteiger partial charge on any atom is 0.120 e. The monoisotopic (exact) mass is 291 g/mol. The molecule has 21 heavy (non-hydrogen) atoms. The molecule has 1 saturated carbocycles. The van der Waals surface area contributed by atoms with Crippen LogP contribution < -0.4 is 4.74 Å². The van der Waals surface area contributed by atoms with Gasteiger partial charge in [-0.15, -0.1) is 0 Å². The normalized spacial score (nSPS) is 26.6. The lowest BCUT2D eigenvalue weighted by atomic mass is 10.1. The Bertz CT molecular complexity index is 459. The third-order valence-electron chi connectivity index (χ3n) is 4.52. The van der Waals surface area contributed by atoms with Crippen LogP contribution in [0.3, 0.4) is 0 Å². The zero-order chi connectivity index (χ0) is 14.7. The fraction of sp³-hybridized carbons (Fsp3) is 0.647. The van der Waals surface area contributed by atoms with Crippen molar-refractivity contribution in [2.45, 2.75) is 50.5 Å². The highest BCUT2D eigenvalue weighted by Gasteiger charge is 2.29. The topological polar surface area (TPSA) is 41.9 Å². The number of nitrogens with zero attached hydrogens (tertiary/aromatic N) is 1. The molecule has 116 valence electrons. The molecule has 2 atom stereocenters. The summed E-state index contributed by atoms with van der Waals surface area (Å²) in [6.45, 7) is 1.85. The Hall–Kier alpha value is -1.10. The van der Waals surface area contributed by atoms with Crippen molar-refractivity contribution in [3.05, 3.63) is 29.8 Å². The summed E-state index contributed by atoms with van der Waals surface area (Å²) in [4.78, 5) is 2.16. The van der Waals surface area contributed by atoms with Crippen molar-refractivity contribution in [3.63, 3.8) is 0 Å². The number of benzene rings is 1. The van der Waals surface area contributed by atoms with Gasteiger partial charge in [-0.25, -0.2) is 0 Å². The second-order valence-corrected chi connectivity index (χ2v) is 6.26. The number of ether oxygens (including phenoxy) is 2. The molecule has 0 radical (unpaired) electrons. The molecule has 0 bridgehead atoms. The Morgan fingerprint density at radius 1 is 1.29 bits per heavy atom. The molecule has 4 heteroatoms. The molecule has 0 spiro atoms. The van der Waals surface area contributed by atoms with Gasteiger partial charge in [-0.2, -0.15) is 0 Å². The summed E-state index contributed by atoms with van der Waals surface area (Å²) in [5.74, 6) is 0.969. The van der Waals surface area contributed by atoms with Gasteiger partial charge in [-0.1, -0.05) is 12.1 Å². The third-order valence-corrected chi connectivity index (χ3v) is 4.52. The highest BCUT2D eigenvalue weighted by atomic mass is 16.5. The summed E-state index contributed by atoms with van der Waals surface area (Å²) in [6, 6.07) is 8.41. The van der Waals surface area contributed by atoms with E-state index in [0.29, 0.717) is 19.3 Å². The van der Waals surface area contributed by atoms with Gasteiger partial charge in [0.25, 0.3) is 0 Å². The van der Waals surface area contributed by atoms with Crippen molar-refractivity contribution >= 4 is 0 Å². The highest BCUT2D eigenvalue weighted by molar-refractivity contribution is 5.28. The summed E-state index contributed by atoms with van der Waals surface area (Å²) < 4.78 is 11.4. The van der Waals surface area contributed by atoms with Crippen molar-refractivity contribution < 1.29 is 14.6 Å². The van der Waals surface area contributed by atoms with Gasteiger partial charge < -0.3 is 14.6 Å². The molecule has 1 saturated heterocycles. The van der Waals surface area contributed by atoms with E-state index >= 15 is 0 Å². The molecule has 2 aliphatic rings. The minimum absolute atomic E-state index is 0.0874. The molecule has 1 aliphatic carbocycles. The Kier molecular flexibility index (Phi) is 4.78. The molecule has 4 nitrogen and oxygen atoms in total. The first-order chi connectivity index (χ1) is 10.2. The Morgan fingerprint density at radius 2 is 2.10 bits per heavy atom. The molecular weight excluding hydrogens is 266 g/mol. The van der Waals surface area contributed by atoms with Gasteiger partial charge in [0.2, 0.25) is 0 Å². The van der Waals surface area contributed by atoms with Crippen LogP contribution in [0.4, 0.5) is 0 Å². The second-order valence-electron chi connectivity index (χ2n) is 6.26. The zero-order valence-electron chi connectivity index (χ0n) is 12.7. The van der Waals surface area contributed by atoms with Crippen molar-refractivity contribution in [1.82, 2.24) is 4.90 Å². The SMILES string of the molecule is CN(Cc1cccc(OC2CCCC2)c1)[C@H]1COC[C@@H]1O. The molecule has 1 aliphatic heterocycles. The molecule has 1 aromatic rings. The van der Waals surface area contributed by atoms with Gasteiger partial charge in [0.05, 0.1) is 31.5 Å². The van der Waals surface area contributed by atoms with Crippen LogP contribution in [-0.4, -0.2) is 48.5 Å². The lowest BCUT2D eigenvalue weighted by Gasteiger charge is -2.25. The van der Waals surface area contributed by atoms with Crippen LogP contribution in [0.5, 0.6) is 5.75 Å². The minimum Gasteiger partial charge on any atom is -0.490 e. The molecule has 0 amide bonds. The molecular formula is C17H25NO3. The van der Waals surface area contributed by atoms with E-state index in [1.807, 2.05) is 13.1 Å². The van der Waals surface area contributed by atoms with Crippen LogP contribution in [0.15, 0.2) is 24.3 Å². The number of aliphatic hydroxyl groups excluding tert-OH is 1. The second kappa shape index (κ2) is 6.77. The Labute approximate surface area is 126 Å². The molecule has 2 fully saturated rings. The standard InChI is InChI=1S/C17H25NO3/c1-18(16-11-20-12-17(16)19)10-13-5-4-8-15(9-13)21-14-6-2-3-7-14/h4-5,8-9,14,16-17,19H,2-3,6-7,10-12H2,1H3/t16-,17-/m0/s1. The number of hydrogen-bond donors (Lipinski definition) is 1. The number of aliphatic hydroxyl groups is 1. The predicted octanol–water partition coefficient (Wildman–Crippen LogP) is 2.20. The summed E-state index contributed by atoms with van der Waals surface area (Å²) in [6.07, 6.45) is 4.93. The molecule has 1 N–H and O–H groups in total. The quantitative estimate of drug-likeness (QED) is 0.903. The van der Waals surface area contributed by atoms with Gasteiger partial charge >= 0.3 is 0 Å². The summed E-state index contributed by atoms with van der Waals surface area (Å²) >= 11 is 0. The lowest BCUT2D eigenvalue weighted by molar-refractivity contribution is 0.0925.